The summed E-state index contributed by atoms with van der Waals surface area (Å²) in [7, 11) is 1.74. The Kier molecular flexibility index (Phi) is 4.52. The summed E-state index contributed by atoms with van der Waals surface area (Å²) in [5.41, 5.74) is 1.57. The van der Waals surface area contributed by atoms with Crippen molar-refractivity contribution in [2.45, 2.75) is 6.54 Å². The van der Waals surface area contributed by atoms with Gasteiger partial charge in [0.15, 0.2) is 0 Å². The summed E-state index contributed by atoms with van der Waals surface area (Å²) in [6, 6.07) is 13.6. The minimum Gasteiger partial charge on any atom is -0.337 e. The quantitative estimate of drug-likeness (QED) is 0.756. The number of halogens is 2. The predicted molar refractivity (Wildman–Crippen MR) is 81.4 cm³/mol. The standard InChI is InChI=1S/C15H13FINO/c1-18(10-11-5-7-13(16)8-6-11)15(19)12-3-2-4-14(17)9-12/h2-9H,10H2,1H3. The van der Waals surface area contributed by atoms with Crippen molar-refractivity contribution in [1.82, 2.24) is 4.90 Å². The van der Waals surface area contributed by atoms with Crippen LogP contribution >= 0.6 is 22.6 Å². The Balaban J connectivity index is 2.09. The van der Waals surface area contributed by atoms with Gasteiger partial charge in [0.05, 0.1) is 0 Å². The molecule has 19 heavy (non-hydrogen) atoms. The fraction of sp³-hybridized carbons (Fsp3) is 0.133. The molecule has 1 amide bonds. The molecular formula is C15H13FINO. The molecule has 0 bridgehead atoms. The van der Waals surface area contributed by atoms with E-state index in [0.29, 0.717) is 12.1 Å². The van der Waals surface area contributed by atoms with Crippen molar-refractivity contribution in [3.05, 3.63) is 69.0 Å². The molecule has 0 aliphatic heterocycles. The van der Waals surface area contributed by atoms with E-state index in [1.54, 1.807) is 30.1 Å². The maximum atomic E-state index is 12.8. The van der Waals surface area contributed by atoms with Gasteiger partial charge < -0.3 is 4.90 Å². The van der Waals surface area contributed by atoms with Crippen LogP contribution in [0.4, 0.5) is 4.39 Å². The molecule has 0 aliphatic carbocycles. The highest BCUT2D eigenvalue weighted by Gasteiger charge is 2.12. The molecule has 0 spiro atoms. The number of hydrogen-bond donors (Lipinski definition) is 0. The molecule has 2 aromatic rings. The Morgan fingerprint density at radius 3 is 2.53 bits per heavy atom. The Hall–Kier alpha value is -1.43. The van der Waals surface area contributed by atoms with E-state index in [9.17, 15) is 9.18 Å². The van der Waals surface area contributed by atoms with Crippen molar-refractivity contribution < 1.29 is 9.18 Å². The Morgan fingerprint density at radius 1 is 1.21 bits per heavy atom. The van der Waals surface area contributed by atoms with Crippen molar-refractivity contribution in [2.75, 3.05) is 7.05 Å². The number of hydrogen-bond acceptors (Lipinski definition) is 1. The number of benzene rings is 2. The molecule has 0 saturated heterocycles. The van der Waals surface area contributed by atoms with Crippen molar-refractivity contribution in [3.63, 3.8) is 0 Å². The van der Waals surface area contributed by atoms with Crippen LogP contribution in [0, 0.1) is 9.39 Å². The predicted octanol–water partition coefficient (Wildman–Crippen LogP) is 3.70. The third kappa shape index (κ3) is 3.76. The zero-order valence-corrected chi connectivity index (χ0v) is 12.6. The van der Waals surface area contributed by atoms with Crippen LogP contribution in [-0.4, -0.2) is 17.9 Å². The van der Waals surface area contributed by atoms with Gasteiger partial charge >= 0.3 is 0 Å². The monoisotopic (exact) mass is 369 g/mol. The molecule has 0 atom stereocenters. The normalized spacial score (nSPS) is 10.3. The molecule has 2 nitrogen and oxygen atoms in total. The van der Waals surface area contributed by atoms with Crippen LogP contribution in [0.1, 0.15) is 15.9 Å². The van der Waals surface area contributed by atoms with E-state index in [1.165, 1.54) is 12.1 Å². The smallest absolute Gasteiger partial charge is 0.253 e. The summed E-state index contributed by atoms with van der Waals surface area (Å²) in [5, 5.41) is 0. The van der Waals surface area contributed by atoms with Crippen LogP contribution in [0.5, 0.6) is 0 Å². The van der Waals surface area contributed by atoms with E-state index in [4.69, 9.17) is 0 Å². The second-order valence-corrected chi connectivity index (χ2v) is 5.54. The van der Waals surface area contributed by atoms with Gasteiger partial charge in [-0.25, -0.2) is 4.39 Å². The Labute approximate surface area is 125 Å². The summed E-state index contributed by atoms with van der Waals surface area (Å²) in [5.74, 6) is -0.307. The molecule has 0 N–H and O–H groups in total. The number of carbonyl (C=O) groups excluding carboxylic acids is 1. The van der Waals surface area contributed by atoms with Crippen molar-refractivity contribution >= 4 is 28.5 Å². The number of rotatable bonds is 3. The second-order valence-electron chi connectivity index (χ2n) is 4.30. The highest BCUT2D eigenvalue weighted by atomic mass is 127. The molecule has 0 radical (unpaired) electrons. The van der Waals surface area contributed by atoms with Crippen LogP contribution in [0.2, 0.25) is 0 Å². The summed E-state index contributed by atoms with van der Waals surface area (Å²) >= 11 is 2.18. The van der Waals surface area contributed by atoms with E-state index in [-0.39, 0.29) is 11.7 Å². The lowest BCUT2D eigenvalue weighted by molar-refractivity contribution is 0.0785. The molecule has 0 saturated carbocycles. The van der Waals surface area contributed by atoms with Gasteiger partial charge in [-0.3, -0.25) is 4.79 Å². The molecule has 0 fully saturated rings. The number of amides is 1. The van der Waals surface area contributed by atoms with Gasteiger partial charge in [-0.15, -0.1) is 0 Å². The van der Waals surface area contributed by atoms with E-state index in [2.05, 4.69) is 22.6 Å². The molecule has 0 unspecified atom stereocenters. The molecule has 2 rings (SSSR count). The summed E-state index contributed by atoms with van der Waals surface area (Å²) in [6.07, 6.45) is 0. The van der Waals surface area contributed by atoms with Gasteiger partial charge in [-0.05, 0) is 58.5 Å². The average Bonchev–Trinajstić information content (AvgIpc) is 2.40. The summed E-state index contributed by atoms with van der Waals surface area (Å²) in [6.45, 7) is 0.463. The van der Waals surface area contributed by atoms with Gasteiger partial charge in [-0.1, -0.05) is 18.2 Å². The SMILES string of the molecule is CN(Cc1ccc(F)cc1)C(=O)c1cccc(I)c1. The van der Waals surface area contributed by atoms with Crippen LogP contribution in [-0.2, 0) is 6.54 Å². The minimum absolute atomic E-state index is 0.0390. The topological polar surface area (TPSA) is 20.3 Å². The molecule has 2 aromatic carbocycles. The molecular weight excluding hydrogens is 356 g/mol. The Bertz CT molecular complexity index is 583. The first-order valence-corrected chi connectivity index (χ1v) is 6.89. The Morgan fingerprint density at radius 2 is 1.89 bits per heavy atom. The third-order valence-electron chi connectivity index (χ3n) is 2.75. The fourth-order valence-electron chi connectivity index (χ4n) is 1.78. The maximum absolute atomic E-state index is 12.8. The lowest BCUT2D eigenvalue weighted by atomic mass is 10.1. The number of carbonyl (C=O) groups is 1. The van der Waals surface area contributed by atoms with Gasteiger partial charge in [-0.2, -0.15) is 0 Å². The molecule has 0 aromatic heterocycles. The molecule has 0 heterocycles. The van der Waals surface area contributed by atoms with Crippen LogP contribution < -0.4 is 0 Å². The second kappa shape index (κ2) is 6.14. The van der Waals surface area contributed by atoms with Crippen LogP contribution in [0.25, 0.3) is 0 Å². The summed E-state index contributed by atoms with van der Waals surface area (Å²) < 4.78 is 13.8. The fourth-order valence-corrected chi connectivity index (χ4v) is 2.32. The largest absolute Gasteiger partial charge is 0.337 e. The van der Waals surface area contributed by atoms with Crippen molar-refractivity contribution in [3.8, 4) is 0 Å². The first kappa shape index (κ1) is 14.0. The van der Waals surface area contributed by atoms with E-state index in [1.807, 2.05) is 18.2 Å². The molecule has 98 valence electrons. The van der Waals surface area contributed by atoms with Crippen molar-refractivity contribution in [2.24, 2.45) is 0 Å². The minimum atomic E-state index is -0.268. The highest BCUT2D eigenvalue weighted by molar-refractivity contribution is 14.1. The zero-order valence-electron chi connectivity index (χ0n) is 10.4. The highest BCUT2D eigenvalue weighted by Crippen LogP contribution is 2.12. The first-order valence-electron chi connectivity index (χ1n) is 5.82. The third-order valence-corrected chi connectivity index (χ3v) is 3.42. The molecule has 0 aliphatic rings. The zero-order chi connectivity index (χ0) is 13.8. The van der Waals surface area contributed by atoms with Crippen LogP contribution in [0.3, 0.4) is 0 Å². The van der Waals surface area contributed by atoms with Gasteiger partial charge in [0, 0.05) is 22.7 Å². The lowest BCUT2D eigenvalue weighted by Crippen LogP contribution is -2.26. The summed E-state index contributed by atoms with van der Waals surface area (Å²) in [4.78, 5) is 13.8. The first-order chi connectivity index (χ1) is 9.06. The van der Waals surface area contributed by atoms with Crippen LogP contribution in [0.15, 0.2) is 48.5 Å². The van der Waals surface area contributed by atoms with E-state index in [0.717, 1.165) is 9.13 Å². The van der Waals surface area contributed by atoms with E-state index >= 15 is 0 Å². The molecule has 4 heteroatoms. The number of nitrogens with zero attached hydrogens (tertiary/aromatic N) is 1. The lowest BCUT2D eigenvalue weighted by Gasteiger charge is -2.17. The van der Waals surface area contributed by atoms with Gasteiger partial charge in [0.1, 0.15) is 5.82 Å². The van der Waals surface area contributed by atoms with Crippen molar-refractivity contribution in [1.29, 1.82) is 0 Å². The average molecular weight is 369 g/mol. The van der Waals surface area contributed by atoms with Gasteiger partial charge in [0.2, 0.25) is 0 Å². The van der Waals surface area contributed by atoms with E-state index < -0.39 is 0 Å². The van der Waals surface area contributed by atoms with Gasteiger partial charge in [0.25, 0.3) is 5.91 Å². The maximum Gasteiger partial charge on any atom is 0.253 e.